The third kappa shape index (κ3) is 4.91. The molecule has 0 saturated heterocycles. The van der Waals surface area contributed by atoms with Crippen LogP contribution in [0.4, 0.5) is 21.8 Å². The fourth-order valence-electron chi connectivity index (χ4n) is 2.43. The second-order valence-electron chi connectivity index (χ2n) is 5.94. The number of nitrogens with one attached hydrogen (secondary N) is 1. The van der Waals surface area contributed by atoms with Crippen LogP contribution in [0.3, 0.4) is 0 Å². The molecule has 0 fully saturated rings. The molecule has 1 heterocycles. The van der Waals surface area contributed by atoms with Gasteiger partial charge in [0.1, 0.15) is 11.6 Å². The van der Waals surface area contributed by atoms with Gasteiger partial charge in [-0.15, -0.1) is 0 Å². The van der Waals surface area contributed by atoms with Crippen LogP contribution in [0.2, 0.25) is 0 Å². The summed E-state index contributed by atoms with van der Waals surface area (Å²) < 4.78 is 13.0. The zero-order valence-electron chi connectivity index (χ0n) is 14.3. The van der Waals surface area contributed by atoms with E-state index >= 15 is 0 Å². The Bertz CT molecular complexity index is 621. The third-order valence-corrected chi connectivity index (χ3v) is 3.57. The molecule has 5 heteroatoms. The number of halogens is 1. The monoisotopic (exact) mass is 316 g/mol. The topological polar surface area (TPSA) is 41.1 Å². The molecule has 23 heavy (non-hydrogen) atoms. The molecule has 0 unspecified atom stereocenters. The second-order valence-corrected chi connectivity index (χ2v) is 5.94. The third-order valence-electron chi connectivity index (χ3n) is 3.57. The molecule has 1 aromatic carbocycles. The molecule has 0 bridgehead atoms. The Morgan fingerprint density at radius 2 is 1.74 bits per heavy atom. The van der Waals surface area contributed by atoms with E-state index in [2.05, 4.69) is 53.9 Å². The molecule has 0 radical (unpaired) electrons. The lowest BCUT2D eigenvalue weighted by atomic mass is 10.1. The first-order valence-electron chi connectivity index (χ1n) is 8.17. The number of nitrogens with zero attached hydrogens (tertiary/aromatic N) is 3. The molecule has 0 spiro atoms. The van der Waals surface area contributed by atoms with E-state index in [1.165, 1.54) is 12.1 Å². The fourth-order valence-corrected chi connectivity index (χ4v) is 2.43. The Labute approximate surface area is 137 Å². The summed E-state index contributed by atoms with van der Waals surface area (Å²) in [6.07, 6.45) is 0.898. The summed E-state index contributed by atoms with van der Waals surface area (Å²) in [7, 11) is 0. The highest BCUT2D eigenvalue weighted by Crippen LogP contribution is 2.20. The lowest BCUT2D eigenvalue weighted by molar-refractivity contribution is 0.628. The first-order chi connectivity index (χ1) is 11.0. The second kappa shape index (κ2) is 7.90. The number of hydrogen-bond acceptors (Lipinski definition) is 4. The molecular weight excluding hydrogens is 291 g/mol. The molecule has 0 amide bonds. The number of rotatable bonds is 7. The van der Waals surface area contributed by atoms with Crippen molar-refractivity contribution >= 4 is 17.5 Å². The van der Waals surface area contributed by atoms with Gasteiger partial charge in [-0.05, 0) is 50.5 Å². The highest BCUT2D eigenvalue weighted by molar-refractivity contribution is 5.55. The average Bonchev–Trinajstić information content (AvgIpc) is 2.50. The Kier molecular flexibility index (Phi) is 5.90. The zero-order chi connectivity index (χ0) is 16.8. The summed E-state index contributed by atoms with van der Waals surface area (Å²) in [5, 5.41) is 3.17. The highest BCUT2D eigenvalue weighted by Gasteiger charge is 2.11. The van der Waals surface area contributed by atoms with E-state index in [4.69, 9.17) is 0 Å². The van der Waals surface area contributed by atoms with Crippen molar-refractivity contribution in [2.24, 2.45) is 5.92 Å². The molecule has 0 aliphatic heterocycles. The van der Waals surface area contributed by atoms with Gasteiger partial charge in [0.25, 0.3) is 0 Å². The van der Waals surface area contributed by atoms with Crippen LogP contribution in [-0.4, -0.2) is 23.1 Å². The van der Waals surface area contributed by atoms with Crippen LogP contribution in [-0.2, 0) is 6.42 Å². The van der Waals surface area contributed by atoms with Crippen LogP contribution in [0.5, 0.6) is 0 Å². The molecule has 0 saturated carbocycles. The smallest absolute Gasteiger partial charge is 0.229 e. The summed E-state index contributed by atoms with van der Waals surface area (Å²) >= 11 is 0. The lowest BCUT2D eigenvalue weighted by Gasteiger charge is -2.21. The Balaban J connectivity index is 2.32. The van der Waals surface area contributed by atoms with Crippen LogP contribution in [0.25, 0.3) is 0 Å². The Morgan fingerprint density at radius 1 is 1.09 bits per heavy atom. The van der Waals surface area contributed by atoms with E-state index in [9.17, 15) is 4.39 Å². The van der Waals surface area contributed by atoms with Gasteiger partial charge in [0, 0.05) is 30.5 Å². The van der Waals surface area contributed by atoms with Crippen molar-refractivity contribution in [3.63, 3.8) is 0 Å². The summed E-state index contributed by atoms with van der Waals surface area (Å²) in [5.41, 5.74) is 1.79. The molecule has 2 rings (SSSR count). The average molecular weight is 316 g/mol. The standard InChI is InChI=1S/C18H25FN4/c1-5-23(6-2)17-12-16(11-13(3)4)21-18(22-17)20-15-9-7-14(19)8-10-15/h7-10,12-13H,5-6,11H2,1-4H3,(H,20,21,22). The molecule has 0 aliphatic rings. The predicted molar refractivity (Wildman–Crippen MR) is 93.8 cm³/mol. The van der Waals surface area contributed by atoms with Crippen molar-refractivity contribution in [2.45, 2.75) is 34.1 Å². The van der Waals surface area contributed by atoms with Crippen LogP contribution >= 0.6 is 0 Å². The molecule has 2 aromatic rings. The van der Waals surface area contributed by atoms with Crippen molar-refractivity contribution in [3.8, 4) is 0 Å². The number of aromatic nitrogens is 2. The van der Waals surface area contributed by atoms with Gasteiger partial charge in [-0.3, -0.25) is 0 Å². The molecule has 1 aromatic heterocycles. The SMILES string of the molecule is CCN(CC)c1cc(CC(C)C)nc(Nc2ccc(F)cc2)n1. The van der Waals surface area contributed by atoms with Gasteiger partial charge in [0.2, 0.25) is 5.95 Å². The Morgan fingerprint density at radius 3 is 2.30 bits per heavy atom. The van der Waals surface area contributed by atoms with Crippen molar-refractivity contribution in [1.29, 1.82) is 0 Å². The maximum atomic E-state index is 13.0. The zero-order valence-corrected chi connectivity index (χ0v) is 14.3. The first-order valence-corrected chi connectivity index (χ1v) is 8.17. The maximum absolute atomic E-state index is 13.0. The quantitative estimate of drug-likeness (QED) is 0.822. The van der Waals surface area contributed by atoms with Crippen molar-refractivity contribution in [3.05, 3.63) is 41.8 Å². The number of benzene rings is 1. The minimum absolute atomic E-state index is 0.256. The molecule has 1 N–H and O–H groups in total. The van der Waals surface area contributed by atoms with E-state index in [1.807, 2.05) is 0 Å². The van der Waals surface area contributed by atoms with Crippen LogP contribution in [0, 0.1) is 11.7 Å². The number of hydrogen-bond donors (Lipinski definition) is 1. The van der Waals surface area contributed by atoms with Gasteiger partial charge in [0.05, 0.1) is 0 Å². The normalized spacial score (nSPS) is 10.9. The molecule has 0 aliphatic carbocycles. The first kappa shape index (κ1) is 17.2. The van der Waals surface area contributed by atoms with Gasteiger partial charge < -0.3 is 10.2 Å². The summed E-state index contributed by atoms with van der Waals surface area (Å²) in [6.45, 7) is 10.4. The van der Waals surface area contributed by atoms with Crippen molar-refractivity contribution in [2.75, 3.05) is 23.3 Å². The van der Waals surface area contributed by atoms with Gasteiger partial charge in [-0.1, -0.05) is 13.8 Å². The lowest BCUT2D eigenvalue weighted by Crippen LogP contribution is -2.24. The van der Waals surface area contributed by atoms with E-state index in [0.29, 0.717) is 11.9 Å². The minimum atomic E-state index is -0.256. The maximum Gasteiger partial charge on any atom is 0.229 e. The molecule has 124 valence electrons. The van der Waals surface area contributed by atoms with Gasteiger partial charge in [-0.25, -0.2) is 9.37 Å². The van der Waals surface area contributed by atoms with E-state index in [1.54, 1.807) is 12.1 Å². The Hall–Kier alpha value is -2.17. The fraction of sp³-hybridized carbons (Fsp3) is 0.444. The van der Waals surface area contributed by atoms with Crippen molar-refractivity contribution < 1.29 is 4.39 Å². The van der Waals surface area contributed by atoms with Crippen molar-refractivity contribution in [1.82, 2.24) is 9.97 Å². The predicted octanol–water partition coefficient (Wildman–Crippen LogP) is 4.40. The minimum Gasteiger partial charge on any atom is -0.357 e. The van der Waals surface area contributed by atoms with Gasteiger partial charge in [0.15, 0.2) is 0 Å². The largest absolute Gasteiger partial charge is 0.357 e. The van der Waals surface area contributed by atoms with Crippen LogP contribution in [0.15, 0.2) is 30.3 Å². The van der Waals surface area contributed by atoms with Crippen LogP contribution < -0.4 is 10.2 Å². The summed E-state index contributed by atoms with van der Waals surface area (Å²) in [5.74, 6) is 1.74. The highest BCUT2D eigenvalue weighted by atomic mass is 19.1. The van der Waals surface area contributed by atoms with Gasteiger partial charge >= 0.3 is 0 Å². The summed E-state index contributed by atoms with van der Waals surface area (Å²) in [6, 6.07) is 8.27. The van der Waals surface area contributed by atoms with E-state index in [-0.39, 0.29) is 5.82 Å². The molecule has 0 atom stereocenters. The van der Waals surface area contributed by atoms with E-state index < -0.39 is 0 Å². The number of anilines is 3. The van der Waals surface area contributed by atoms with Gasteiger partial charge in [-0.2, -0.15) is 4.98 Å². The molecular formula is C18H25FN4. The van der Waals surface area contributed by atoms with E-state index in [0.717, 1.165) is 36.7 Å². The van der Waals surface area contributed by atoms with Crippen LogP contribution in [0.1, 0.15) is 33.4 Å². The molecule has 4 nitrogen and oxygen atoms in total. The summed E-state index contributed by atoms with van der Waals surface area (Å²) in [4.78, 5) is 11.4.